The van der Waals surface area contributed by atoms with Crippen molar-refractivity contribution in [3.63, 3.8) is 0 Å². The molecule has 0 saturated heterocycles. The minimum atomic E-state index is -0.736. The summed E-state index contributed by atoms with van der Waals surface area (Å²) in [5.41, 5.74) is -0.179. The van der Waals surface area contributed by atoms with E-state index in [0.29, 0.717) is 0 Å². The molecule has 2 heterocycles. The number of carbonyl (C=O) groups excluding carboxylic acids is 1. The first-order valence-electron chi connectivity index (χ1n) is 5.05. The largest absolute Gasteiger partial charge is 0.465 e. The van der Waals surface area contributed by atoms with Crippen LogP contribution in [0.25, 0.3) is 11.3 Å². The fourth-order valence-corrected chi connectivity index (χ4v) is 1.47. The number of carbonyl (C=O) groups is 1. The zero-order chi connectivity index (χ0) is 13.1. The highest BCUT2D eigenvalue weighted by atomic mass is 19.1. The molecule has 0 aliphatic carbocycles. The van der Waals surface area contributed by atoms with Crippen LogP contribution in [0.5, 0.6) is 0 Å². The van der Waals surface area contributed by atoms with Crippen molar-refractivity contribution in [1.82, 2.24) is 9.97 Å². The molecule has 5 nitrogen and oxygen atoms in total. The maximum absolute atomic E-state index is 12.7. The Hall–Kier alpha value is -2.50. The Bertz CT molecular complexity index is 635. The van der Waals surface area contributed by atoms with Crippen molar-refractivity contribution in [3.8, 4) is 11.3 Å². The molecule has 0 spiro atoms. The molecule has 18 heavy (non-hydrogen) atoms. The van der Waals surface area contributed by atoms with E-state index in [-0.39, 0.29) is 16.8 Å². The minimum absolute atomic E-state index is 0.124. The summed E-state index contributed by atoms with van der Waals surface area (Å²) in [4.78, 5) is 29.8. The lowest BCUT2D eigenvalue weighted by Crippen LogP contribution is -2.18. The van der Waals surface area contributed by atoms with Crippen molar-refractivity contribution in [1.29, 1.82) is 0 Å². The van der Waals surface area contributed by atoms with Crippen molar-refractivity contribution < 1.29 is 13.9 Å². The maximum atomic E-state index is 12.7. The molecule has 0 unspecified atom stereocenters. The van der Waals surface area contributed by atoms with E-state index in [1.54, 1.807) is 0 Å². The van der Waals surface area contributed by atoms with Gasteiger partial charge in [0, 0.05) is 12.4 Å². The van der Waals surface area contributed by atoms with Crippen LogP contribution in [0.3, 0.4) is 0 Å². The summed E-state index contributed by atoms with van der Waals surface area (Å²) >= 11 is 0. The molecule has 2 aromatic heterocycles. The van der Waals surface area contributed by atoms with Crippen LogP contribution < -0.4 is 5.43 Å². The Morgan fingerprint density at radius 3 is 2.78 bits per heavy atom. The van der Waals surface area contributed by atoms with Gasteiger partial charge in [0.05, 0.1) is 24.6 Å². The number of methoxy groups -OCH3 is 1. The molecule has 0 atom stereocenters. The Morgan fingerprint density at radius 1 is 1.39 bits per heavy atom. The molecule has 6 heteroatoms. The lowest BCUT2D eigenvalue weighted by atomic mass is 10.1. The number of halogens is 1. The summed E-state index contributed by atoms with van der Waals surface area (Å²) in [7, 11) is 1.19. The molecular weight excluding hydrogens is 239 g/mol. The van der Waals surface area contributed by atoms with Gasteiger partial charge in [-0.05, 0) is 12.1 Å². The number of aromatic nitrogens is 2. The number of hydrogen-bond donors (Lipinski definition) is 1. The van der Waals surface area contributed by atoms with Gasteiger partial charge in [0.15, 0.2) is 0 Å². The number of esters is 1. The van der Waals surface area contributed by atoms with Crippen LogP contribution in [0.15, 0.2) is 35.5 Å². The molecule has 0 fully saturated rings. The van der Waals surface area contributed by atoms with Crippen LogP contribution in [-0.4, -0.2) is 23.0 Å². The van der Waals surface area contributed by atoms with Crippen molar-refractivity contribution >= 4 is 5.97 Å². The lowest BCUT2D eigenvalue weighted by molar-refractivity contribution is 0.0599. The maximum Gasteiger partial charge on any atom is 0.343 e. The van der Waals surface area contributed by atoms with Gasteiger partial charge < -0.3 is 9.72 Å². The molecule has 2 aromatic rings. The SMILES string of the molecule is COC(=O)c1c[nH]cc(-c2ccc(F)cn2)c1=O. The van der Waals surface area contributed by atoms with E-state index in [2.05, 4.69) is 14.7 Å². The smallest absolute Gasteiger partial charge is 0.343 e. The van der Waals surface area contributed by atoms with Crippen molar-refractivity contribution in [2.24, 2.45) is 0 Å². The Kier molecular flexibility index (Phi) is 3.18. The van der Waals surface area contributed by atoms with E-state index in [9.17, 15) is 14.0 Å². The average molecular weight is 248 g/mol. The number of nitrogens with zero attached hydrogens (tertiary/aromatic N) is 1. The Morgan fingerprint density at radius 2 is 2.17 bits per heavy atom. The molecular formula is C12H9FN2O3. The van der Waals surface area contributed by atoms with Gasteiger partial charge in [-0.3, -0.25) is 9.78 Å². The van der Waals surface area contributed by atoms with Crippen LogP contribution in [0.1, 0.15) is 10.4 Å². The zero-order valence-electron chi connectivity index (χ0n) is 9.44. The van der Waals surface area contributed by atoms with Gasteiger partial charge in [-0.15, -0.1) is 0 Å². The van der Waals surface area contributed by atoms with Gasteiger partial charge in [0.25, 0.3) is 0 Å². The quantitative estimate of drug-likeness (QED) is 0.814. The zero-order valence-corrected chi connectivity index (χ0v) is 9.44. The first-order chi connectivity index (χ1) is 8.63. The number of aromatic amines is 1. The number of hydrogen-bond acceptors (Lipinski definition) is 4. The number of pyridine rings is 2. The van der Waals surface area contributed by atoms with Gasteiger partial charge in [0.1, 0.15) is 11.4 Å². The van der Waals surface area contributed by atoms with Crippen LogP contribution >= 0.6 is 0 Å². The van der Waals surface area contributed by atoms with Crippen molar-refractivity contribution in [2.45, 2.75) is 0 Å². The minimum Gasteiger partial charge on any atom is -0.465 e. The summed E-state index contributed by atoms with van der Waals surface area (Å²) in [6, 6.07) is 2.55. The normalized spacial score (nSPS) is 10.1. The second-order valence-electron chi connectivity index (χ2n) is 3.47. The molecule has 2 rings (SSSR count). The van der Waals surface area contributed by atoms with Crippen LogP contribution in [0.2, 0.25) is 0 Å². The molecule has 0 saturated carbocycles. The summed E-state index contributed by atoms with van der Waals surface area (Å²) in [6.45, 7) is 0. The Labute approximate surface area is 101 Å². The standard InChI is InChI=1S/C12H9FN2O3/c1-18-12(17)9-6-14-5-8(11(9)16)10-3-2-7(13)4-15-10/h2-6H,1H3,(H,14,16). The van der Waals surface area contributed by atoms with E-state index in [4.69, 9.17) is 0 Å². The highest BCUT2D eigenvalue weighted by molar-refractivity contribution is 5.90. The first kappa shape index (κ1) is 12.0. The topological polar surface area (TPSA) is 72.1 Å². The molecule has 0 radical (unpaired) electrons. The van der Waals surface area contributed by atoms with E-state index >= 15 is 0 Å². The summed E-state index contributed by atoms with van der Waals surface area (Å²) in [6.07, 6.45) is 3.65. The van der Waals surface area contributed by atoms with Crippen LogP contribution in [-0.2, 0) is 4.74 Å². The third-order valence-corrected chi connectivity index (χ3v) is 2.35. The van der Waals surface area contributed by atoms with Crippen LogP contribution in [0, 0.1) is 5.82 Å². The highest BCUT2D eigenvalue weighted by Gasteiger charge is 2.14. The van der Waals surface area contributed by atoms with Gasteiger partial charge >= 0.3 is 5.97 Å². The number of ether oxygens (including phenoxy) is 1. The molecule has 0 aromatic carbocycles. The molecule has 0 aliphatic rings. The van der Waals surface area contributed by atoms with Crippen molar-refractivity contribution in [3.05, 3.63) is 52.3 Å². The molecule has 1 N–H and O–H groups in total. The lowest BCUT2D eigenvalue weighted by Gasteiger charge is -2.02. The monoisotopic (exact) mass is 248 g/mol. The number of H-pyrrole nitrogens is 1. The predicted octanol–water partition coefficient (Wildman–Crippen LogP) is 1.36. The molecule has 0 aliphatic heterocycles. The number of rotatable bonds is 2. The second-order valence-corrected chi connectivity index (χ2v) is 3.47. The van der Waals surface area contributed by atoms with E-state index in [0.717, 1.165) is 6.20 Å². The third-order valence-electron chi connectivity index (χ3n) is 2.35. The first-order valence-corrected chi connectivity index (χ1v) is 5.05. The summed E-state index contributed by atoms with van der Waals surface area (Å²) in [5.74, 6) is -1.24. The van der Waals surface area contributed by atoms with Gasteiger partial charge in [-0.25, -0.2) is 9.18 Å². The van der Waals surface area contributed by atoms with Gasteiger partial charge in [-0.2, -0.15) is 0 Å². The predicted molar refractivity (Wildman–Crippen MR) is 61.6 cm³/mol. The number of nitrogens with one attached hydrogen (secondary N) is 1. The third kappa shape index (κ3) is 2.13. The average Bonchev–Trinajstić information content (AvgIpc) is 2.39. The van der Waals surface area contributed by atoms with Crippen molar-refractivity contribution in [2.75, 3.05) is 7.11 Å². The fraction of sp³-hybridized carbons (Fsp3) is 0.0833. The summed E-state index contributed by atoms with van der Waals surface area (Å²) < 4.78 is 17.2. The fourth-order valence-electron chi connectivity index (χ4n) is 1.47. The van der Waals surface area contributed by atoms with E-state index in [1.807, 2.05) is 0 Å². The molecule has 0 amide bonds. The highest BCUT2D eigenvalue weighted by Crippen LogP contribution is 2.12. The summed E-state index contributed by atoms with van der Waals surface area (Å²) in [5, 5.41) is 0. The van der Waals surface area contributed by atoms with Gasteiger partial charge in [0.2, 0.25) is 5.43 Å². The van der Waals surface area contributed by atoms with E-state index in [1.165, 1.54) is 31.6 Å². The molecule has 92 valence electrons. The Balaban J connectivity index is 2.56. The second kappa shape index (κ2) is 4.79. The van der Waals surface area contributed by atoms with Crippen LogP contribution in [0.4, 0.5) is 4.39 Å². The van der Waals surface area contributed by atoms with E-state index < -0.39 is 17.2 Å². The van der Waals surface area contributed by atoms with Gasteiger partial charge in [-0.1, -0.05) is 0 Å². The molecule has 0 bridgehead atoms.